The molecule has 0 aromatic carbocycles. The number of hydrazine groups is 1. The standard InChI is InChI=1S/C7H15N3/c1-3-7-9(2)5-4-6-10(7)8/h3H,4-6,8H2,1-2H3/b7-3-. The molecule has 0 aliphatic carbocycles. The van der Waals surface area contributed by atoms with Gasteiger partial charge in [0.05, 0.1) is 0 Å². The summed E-state index contributed by atoms with van der Waals surface area (Å²) in [4.78, 5) is 2.17. The minimum Gasteiger partial charge on any atom is -0.361 e. The molecule has 0 bridgehead atoms. The van der Waals surface area contributed by atoms with Crippen molar-refractivity contribution in [3.05, 3.63) is 11.9 Å². The molecule has 0 atom stereocenters. The van der Waals surface area contributed by atoms with Crippen LogP contribution in [-0.4, -0.2) is 30.0 Å². The van der Waals surface area contributed by atoms with Crippen molar-refractivity contribution in [3.8, 4) is 0 Å². The number of hydrogen-bond acceptors (Lipinski definition) is 3. The third kappa shape index (κ3) is 1.24. The van der Waals surface area contributed by atoms with Crippen molar-refractivity contribution >= 4 is 0 Å². The summed E-state index contributed by atoms with van der Waals surface area (Å²) >= 11 is 0. The van der Waals surface area contributed by atoms with Crippen molar-refractivity contribution in [2.24, 2.45) is 5.84 Å². The Labute approximate surface area is 62.1 Å². The summed E-state index contributed by atoms with van der Waals surface area (Å²) in [5.74, 6) is 6.83. The molecule has 0 aromatic heterocycles. The van der Waals surface area contributed by atoms with Gasteiger partial charge in [0.2, 0.25) is 0 Å². The molecule has 1 aliphatic heterocycles. The second-order valence-corrected chi connectivity index (χ2v) is 2.62. The first-order valence-electron chi connectivity index (χ1n) is 3.65. The molecule has 0 aromatic rings. The number of allylic oxidation sites excluding steroid dienone is 1. The SMILES string of the molecule is C/C=C1/N(C)CCCN1N. The predicted octanol–water partition coefficient (Wildman–Crippen LogP) is 0.359. The van der Waals surface area contributed by atoms with Crippen LogP contribution in [0.25, 0.3) is 0 Å². The highest BCUT2D eigenvalue weighted by atomic mass is 15.5. The van der Waals surface area contributed by atoms with Gasteiger partial charge in [-0.3, -0.25) is 5.01 Å². The summed E-state index contributed by atoms with van der Waals surface area (Å²) in [7, 11) is 2.06. The molecule has 1 rings (SSSR count). The van der Waals surface area contributed by atoms with Crippen LogP contribution in [0, 0.1) is 0 Å². The number of hydrogen-bond donors (Lipinski definition) is 1. The van der Waals surface area contributed by atoms with E-state index in [4.69, 9.17) is 5.84 Å². The van der Waals surface area contributed by atoms with Crippen molar-refractivity contribution in [1.82, 2.24) is 9.91 Å². The lowest BCUT2D eigenvalue weighted by Gasteiger charge is -2.35. The number of nitrogens with zero attached hydrogens (tertiary/aromatic N) is 2. The van der Waals surface area contributed by atoms with E-state index < -0.39 is 0 Å². The molecule has 1 heterocycles. The highest BCUT2D eigenvalue weighted by molar-refractivity contribution is 4.98. The normalized spacial score (nSPS) is 24.1. The van der Waals surface area contributed by atoms with Gasteiger partial charge in [-0.1, -0.05) is 0 Å². The average Bonchev–Trinajstić information content (AvgIpc) is 1.88. The maximum Gasteiger partial charge on any atom is 0.113 e. The smallest absolute Gasteiger partial charge is 0.113 e. The zero-order valence-corrected chi connectivity index (χ0v) is 6.67. The van der Waals surface area contributed by atoms with Crippen LogP contribution in [0.2, 0.25) is 0 Å². The lowest BCUT2D eigenvalue weighted by Crippen LogP contribution is -2.44. The van der Waals surface area contributed by atoms with Crippen LogP contribution in [0.5, 0.6) is 0 Å². The minimum atomic E-state index is 0.976. The van der Waals surface area contributed by atoms with Crippen molar-refractivity contribution in [2.75, 3.05) is 20.1 Å². The molecule has 3 heteroatoms. The van der Waals surface area contributed by atoms with Gasteiger partial charge < -0.3 is 4.90 Å². The maximum absolute atomic E-state index is 5.70. The summed E-state index contributed by atoms with van der Waals surface area (Å²) < 4.78 is 0. The summed E-state index contributed by atoms with van der Waals surface area (Å²) in [6.45, 7) is 4.11. The average molecular weight is 141 g/mol. The van der Waals surface area contributed by atoms with Crippen LogP contribution in [0.4, 0.5) is 0 Å². The second kappa shape index (κ2) is 2.92. The highest BCUT2D eigenvalue weighted by Gasteiger charge is 2.14. The molecular weight excluding hydrogens is 126 g/mol. The Bertz CT molecular complexity index is 130. The van der Waals surface area contributed by atoms with Crippen molar-refractivity contribution in [3.63, 3.8) is 0 Å². The van der Waals surface area contributed by atoms with E-state index in [-0.39, 0.29) is 0 Å². The van der Waals surface area contributed by atoms with Crippen LogP contribution in [0.1, 0.15) is 13.3 Å². The van der Waals surface area contributed by atoms with E-state index in [0.717, 1.165) is 25.3 Å². The summed E-state index contributed by atoms with van der Waals surface area (Å²) in [5, 5.41) is 1.80. The van der Waals surface area contributed by atoms with Gasteiger partial charge in [-0.2, -0.15) is 0 Å². The Hall–Kier alpha value is -0.700. The fourth-order valence-corrected chi connectivity index (χ4v) is 1.31. The minimum absolute atomic E-state index is 0.976. The summed E-state index contributed by atoms with van der Waals surface area (Å²) in [6, 6.07) is 0. The number of nitrogens with two attached hydrogens (primary N) is 1. The van der Waals surface area contributed by atoms with Crippen LogP contribution in [0.15, 0.2) is 11.9 Å². The molecule has 1 fully saturated rings. The Kier molecular flexibility index (Phi) is 2.17. The molecular formula is C7H15N3. The molecule has 58 valence electrons. The van der Waals surface area contributed by atoms with Gasteiger partial charge in [-0.15, -0.1) is 0 Å². The summed E-state index contributed by atoms with van der Waals surface area (Å²) in [5.41, 5.74) is 0. The Morgan fingerprint density at radius 3 is 2.60 bits per heavy atom. The first kappa shape index (κ1) is 7.41. The van der Waals surface area contributed by atoms with Gasteiger partial charge in [0.1, 0.15) is 5.82 Å². The fraction of sp³-hybridized carbons (Fsp3) is 0.714. The molecule has 0 unspecified atom stereocenters. The van der Waals surface area contributed by atoms with E-state index >= 15 is 0 Å². The quantitative estimate of drug-likeness (QED) is 0.494. The molecule has 10 heavy (non-hydrogen) atoms. The Morgan fingerprint density at radius 2 is 2.20 bits per heavy atom. The summed E-state index contributed by atoms with van der Waals surface area (Å²) in [6.07, 6.45) is 3.20. The van der Waals surface area contributed by atoms with Gasteiger partial charge in [0, 0.05) is 20.1 Å². The van der Waals surface area contributed by atoms with Crippen molar-refractivity contribution < 1.29 is 0 Å². The van der Waals surface area contributed by atoms with E-state index in [9.17, 15) is 0 Å². The van der Waals surface area contributed by atoms with Gasteiger partial charge >= 0.3 is 0 Å². The van der Waals surface area contributed by atoms with E-state index in [1.165, 1.54) is 0 Å². The Balaban J connectivity index is 2.63. The zero-order valence-electron chi connectivity index (χ0n) is 6.67. The highest BCUT2D eigenvalue weighted by Crippen LogP contribution is 2.10. The van der Waals surface area contributed by atoms with Gasteiger partial charge in [-0.05, 0) is 19.4 Å². The van der Waals surface area contributed by atoms with E-state index in [0.29, 0.717) is 0 Å². The molecule has 0 spiro atoms. The molecule has 0 radical (unpaired) electrons. The van der Waals surface area contributed by atoms with Crippen LogP contribution >= 0.6 is 0 Å². The third-order valence-corrected chi connectivity index (χ3v) is 1.84. The first-order valence-corrected chi connectivity index (χ1v) is 3.65. The fourth-order valence-electron chi connectivity index (χ4n) is 1.31. The van der Waals surface area contributed by atoms with Gasteiger partial charge in [0.15, 0.2) is 0 Å². The lowest BCUT2D eigenvalue weighted by molar-refractivity contribution is 0.184. The Morgan fingerprint density at radius 1 is 1.50 bits per heavy atom. The monoisotopic (exact) mass is 141 g/mol. The zero-order chi connectivity index (χ0) is 7.56. The molecule has 0 amide bonds. The van der Waals surface area contributed by atoms with Crippen molar-refractivity contribution in [1.29, 1.82) is 0 Å². The largest absolute Gasteiger partial charge is 0.361 e. The van der Waals surface area contributed by atoms with Crippen LogP contribution in [-0.2, 0) is 0 Å². The van der Waals surface area contributed by atoms with Gasteiger partial charge in [-0.25, -0.2) is 5.84 Å². The van der Waals surface area contributed by atoms with E-state index in [2.05, 4.69) is 11.9 Å². The molecule has 1 aliphatic rings. The maximum atomic E-state index is 5.70. The molecule has 2 N–H and O–H groups in total. The second-order valence-electron chi connectivity index (χ2n) is 2.62. The first-order chi connectivity index (χ1) is 4.75. The lowest BCUT2D eigenvalue weighted by atomic mass is 10.3. The van der Waals surface area contributed by atoms with Crippen LogP contribution < -0.4 is 5.84 Å². The molecule has 0 saturated carbocycles. The topological polar surface area (TPSA) is 32.5 Å². The van der Waals surface area contributed by atoms with Gasteiger partial charge in [0.25, 0.3) is 0 Å². The van der Waals surface area contributed by atoms with E-state index in [1.54, 1.807) is 5.01 Å². The predicted molar refractivity (Wildman–Crippen MR) is 41.9 cm³/mol. The van der Waals surface area contributed by atoms with Crippen molar-refractivity contribution in [2.45, 2.75) is 13.3 Å². The van der Waals surface area contributed by atoms with E-state index in [1.807, 2.05) is 13.0 Å². The molecule has 1 saturated heterocycles. The third-order valence-electron chi connectivity index (χ3n) is 1.84. The molecule has 3 nitrogen and oxygen atoms in total. The number of rotatable bonds is 0. The van der Waals surface area contributed by atoms with Crippen LogP contribution in [0.3, 0.4) is 0 Å².